The van der Waals surface area contributed by atoms with Gasteiger partial charge in [0.25, 0.3) is 0 Å². The predicted octanol–water partition coefficient (Wildman–Crippen LogP) is 2.75. The van der Waals surface area contributed by atoms with Gasteiger partial charge < -0.3 is 0 Å². The van der Waals surface area contributed by atoms with Gasteiger partial charge in [-0.15, -0.1) is 0 Å². The molecule has 6 heteroatoms. The van der Waals surface area contributed by atoms with E-state index in [1.807, 2.05) is 0 Å². The molecule has 0 spiro atoms. The van der Waals surface area contributed by atoms with Gasteiger partial charge in [-0.25, -0.2) is 0 Å². The van der Waals surface area contributed by atoms with Crippen molar-refractivity contribution >= 4 is 0 Å². The van der Waals surface area contributed by atoms with Crippen LogP contribution in [-0.2, 0) is 0 Å². The minimum atomic E-state index is -5.69. The molecule has 0 N–H and O–H groups in total. The van der Waals surface area contributed by atoms with Crippen molar-refractivity contribution in [3.63, 3.8) is 0 Å². The van der Waals surface area contributed by atoms with Crippen LogP contribution in [0.1, 0.15) is 6.92 Å². The smallest absolute Gasteiger partial charge is 0.250 e. The zero-order chi connectivity index (χ0) is 9.28. The van der Waals surface area contributed by atoms with Gasteiger partial charge in [-0.05, 0) is 0 Å². The Morgan fingerprint density at radius 2 is 1.45 bits per heavy atom. The second kappa shape index (κ2) is 2.91. The van der Waals surface area contributed by atoms with E-state index in [9.17, 15) is 26.3 Å². The Morgan fingerprint density at radius 1 is 1.09 bits per heavy atom. The van der Waals surface area contributed by atoms with Gasteiger partial charge in [-0.2, -0.15) is 22.0 Å². The maximum atomic E-state index is 11.9. The third kappa shape index (κ3) is 2.00. The second-order valence-corrected chi connectivity index (χ2v) is 1.99. The molecule has 0 aromatic heterocycles. The molecule has 0 aliphatic carbocycles. The number of halogens is 6. The number of hydrogen-bond acceptors (Lipinski definition) is 0. The number of hydrogen-bond donors (Lipinski definition) is 0. The Hall–Kier alpha value is -0.420. The highest BCUT2D eigenvalue weighted by Gasteiger charge is 2.61. The van der Waals surface area contributed by atoms with Crippen molar-refractivity contribution in [1.29, 1.82) is 0 Å². The minimum absolute atomic E-state index is 0.424. The molecule has 0 aromatic rings. The summed E-state index contributed by atoms with van der Waals surface area (Å²) in [6, 6.07) is 0. The zero-order valence-electron chi connectivity index (χ0n) is 5.47. The first-order valence-corrected chi connectivity index (χ1v) is 2.57. The van der Waals surface area contributed by atoms with E-state index < -0.39 is 24.7 Å². The average Bonchev–Trinajstić information content (AvgIpc) is 1.83. The van der Waals surface area contributed by atoms with Crippen molar-refractivity contribution in [1.82, 2.24) is 0 Å². The van der Waals surface area contributed by atoms with E-state index in [2.05, 4.69) is 0 Å². The fraction of sp³-hybridized carbons (Fsp3) is 0.800. The summed E-state index contributed by atoms with van der Waals surface area (Å²) in [5.41, 5.74) is 0. The van der Waals surface area contributed by atoms with E-state index in [1.54, 1.807) is 0 Å². The lowest BCUT2D eigenvalue weighted by Crippen LogP contribution is -2.41. The van der Waals surface area contributed by atoms with Crippen molar-refractivity contribution in [3.05, 3.63) is 5.92 Å². The number of alkyl halides is 6. The van der Waals surface area contributed by atoms with Gasteiger partial charge in [-0.3, -0.25) is 4.39 Å². The SMILES string of the molecule is C[C](CF)C(F)(F)C(F)(F)F. The van der Waals surface area contributed by atoms with E-state index in [4.69, 9.17) is 0 Å². The van der Waals surface area contributed by atoms with Crippen LogP contribution < -0.4 is 0 Å². The standard InChI is InChI=1S/C5H5F6/c1-3(2-6)4(7,8)5(9,10)11/h2H2,1H3. The molecular weight excluding hydrogens is 174 g/mol. The van der Waals surface area contributed by atoms with Crippen LogP contribution >= 0.6 is 0 Å². The van der Waals surface area contributed by atoms with Gasteiger partial charge in [0, 0.05) is 0 Å². The largest absolute Gasteiger partial charge is 0.453 e. The van der Waals surface area contributed by atoms with E-state index in [0.717, 1.165) is 0 Å². The monoisotopic (exact) mass is 179 g/mol. The predicted molar refractivity (Wildman–Crippen MR) is 25.9 cm³/mol. The van der Waals surface area contributed by atoms with Crippen molar-refractivity contribution in [3.8, 4) is 0 Å². The van der Waals surface area contributed by atoms with Crippen LogP contribution in [0.5, 0.6) is 0 Å². The molecule has 0 rings (SSSR count). The Labute approximate surface area is 59.2 Å². The van der Waals surface area contributed by atoms with Crippen molar-refractivity contribution in [2.45, 2.75) is 19.0 Å². The molecule has 0 nitrogen and oxygen atoms in total. The van der Waals surface area contributed by atoms with Crippen LogP contribution in [-0.4, -0.2) is 18.8 Å². The topological polar surface area (TPSA) is 0 Å². The zero-order valence-corrected chi connectivity index (χ0v) is 5.47. The van der Waals surface area contributed by atoms with E-state index in [-0.39, 0.29) is 0 Å². The van der Waals surface area contributed by atoms with Crippen LogP contribution in [0.4, 0.5) is 26.3 Å². The average molecular weight is 179 g/mol. The molecule has 11 heavy (non-hydrogen) atoms. The second-order valence-electron chi connectivity index (χ2n) is 1.99. The molecular formula is C5H5F6. The molecule has 0 saturated heterocycles. The molecule has 0 bridgehead atoms. The van der Waals surface area contributed by atoms with Crippen LogP contribution in [0, 0.1) is 5.92 Å². The van der Waals surface area contributed by atoms with Gasteiger partial charge in [-0.1, -0.05) is 6.92 Å². The molecule has 0 heterocycles. The highest BCUT2D eigenvalue weighted by Crippen LogP contribution is 2.42. The molecule has 0 aliphatic rings. The van der Waals surface area contributed by atoms with E-state index >= 15 is 0 Å². The Kier molecular flexibility index (Phi) is 2.79. The van der Waals surface area contributed by atoms with Crippen LogP contribution in [0.15, 0.2) is 0 Å². The summed E-state index contributed by atoms with van der Waals surface area (Å²) in [5.74, 6) is -6.54. The summed E-state index contributed by atoms with van der Waals surface area (Å²) in [5, 5.41) is 0. The maximum absolute atomic E-state index is 11.9. The fourth-order valence-corrected chi connectivity index (χ4v) is 0.326. The Morgan fingerprint density at radius 3 is 1.55 bits per heavy atom. The normalized spacial score (nSPS) is 14.2. The first-order valence-electron chi connectivity index (χ1n) is 2.57. The third-order valence-electron chi connectivity index (χ3n) is 1.09. The highest BCUT2D eigenvalue weighted by molar-refractivity contribution is 5.03. The van der Waals surface area contributed by atoms with E-state index in [1.165, 1.54) is 0 Å². The van der Waals surface area contributed by atoms with Crippen LogP contribution in [0.25, 0.3) is 0 Å². The Balaban J connectivity index is 4.45. The minimum Gasteiger partial charge on any atom is -0.250 e. The molecule has 0 aromatic carbocycles. The summed E-state index contributed by atoms with van der Waals surface area (Å²) in [4.78, 5) is 0. The maximum Gasteiger partial charge on any atom is 0.453 e. The molecule has 1 radical (unpaired) electrons. The molecule has 67 valence electrons. The lowest BCUT2D eigenvalue weighted by atomic mass is 10.1. The molecule has 0 atom stereocenters. The lowest BCUT2D eigenvalue weighted by Gasteiger charge is -2.22. The van der Waals surface area contributed by atoms with Crippen molar-refractivity contribution < 1.29 is 26.3 Å². The van der Waals surface area contributed by atoms with Crippen LogP contribution in [0.3, 0.4) is 0 Å². The highest BCUT2D eigenvalue weighted by atomic mass is 19.4. The van der Waals surface area contributed by atoms with Gasteiger partial charge in [0.05, 0.1) is 5.92 Å². The summed E-state index contributed by atoms with van der Waals surface area (Å²) in [6.45, 7) is -1.35. The van der Waals surface area contributed by atoms with Crippen molar-refractivity contribution in [2.75, 3.05) is 6.67 Å². The summed E-state index contributed by atoms with van der Waals surface area (Å²) >= 11 is 0. The first-order chi connectivity index (χ1) is 4.73. The molecule has 0 aliphatic heterocycles. The quantitative estimate of drug-likeness (QED) is 0.571. The first kappa shape index (κ1) is 10.6. The van der Waals surface area contributed by atoms with Gasteiger partial charge in [0.2, 0.25) is 0 Å². The summed E-state index contributed by atoms with van der Waals surface area (Å²) in [6.07, 6.45) is -5.69. The van der Waals surface area contributed by atoms with Gasteiger partial charge in [0.1, 0.15) is 6.67 Å². The van der Waals surface area contributed by atoms with Gasteiger partial charge >= 0.3 is 12.1 Å². The van der Waals surface area contributed by atoms with Crippen molar-refractivity contribution in [2.24, 2.45) is 0 Å². The molecule has 0 saturated carbocycles. The lowest BCUT2D eigenvalue weighted by molar-refractivity contribution is -0.274. The Bertz CT molecular complexity index is 125. The molecule has 0 amide bonds. The summed E-state index contributed by atoms with van der Waals surface area (Å²) in [7, 11) is 0. The molecule has 0 unspecified atom stereocenters. The van der Waals surface area contributed by atoms with E-state index in [0.29, 0.717) is 6.92 Å². The third-order valence-corrected chi connectivity index (χ3v) is 1.09. The number of rotatable bonds is 2. The molecule has 0 fully saturated rings. The van der Waals surface area contributed by atoms with Crippen LogP contribution in [0.2, 0.25) is 0 Å². The van der Waals surface area contributed by atoms with Gasteiger partial charge in [0.15, 0.2) is 0 Å². The fourth-order valence-electron chi connectivity index (χ4n) is 0.326. The summed E-state index contributed by atoms with van der Waals surface area (Å²) < 4.78 is 69.2.